The Balaban J connectivity index is 2.26. The van der Waals surface area contributed by atoms with Gasteiger partial charge in [0.05, 0.1) is 6.61 Å². The van der Waals surface area contributed by atoms with E-state index in [1.165, 1.54) is 18.2 Å². The van der Waals surface area contributed by atoms with E-state index in [0.717, 1.165) is 0 Å². The Morgan fingerprint density at radius 3 is 2.82 bits per heavy atom. The lowest BCUT2D eigenvalue weighted by molar-refractivity contribution is -0.137. The van der Waals surface area contributed by atoms with E-state index in [1.54, 1.807) is 43.3 Å². The van der Waals surface area contributed by atoms with Crippen molar-refractivity contribution >= 4 is 23.6 Å². The van der Waals surface area contributed by atoms with E-state index >= 15 is 0 Å². The van der Waals surface area contributed by atoms with Crippen LogP contribution in [0.25, 0.3) is 6.08 Å². The zero-order valence-corrected chi connectivity index (χ0v) is 12.7. The first-order valence-electron chi connectivity index (χ1n) is 6.69. The number of phenols is 1. The van der Waals surface area contributed by atoms with Gasteiger partial charge in [-0.05, 0) is 43.3 Å². The zero-order valence-electron chi connectivity index (χ0n) is 12.0. The number of esters is 1. The van der Waals surface area contributed by atoms with Crippen LogP contribution >= 0.6 is 11.6 Å². The summed E-state index contributed by atoms with van der Waals surface area (Å²) in [5.41, 5.74) is 0.630. The average molecular weight is 319 g/mol. The van der Waals surface area contributed by atoms with Crippen molar-refractivity contribution in [3.05, 3.63) is 59.1 Å². The van der Waals surface area contributed by atoms with Gasteiger partial charge in [-0.1, -0.05) is 17.7 Å². The van der Waals surface area contributed by atoms with Crippen LogP contribution in [0.1, 0.15) is 12.5 Å². The Labute approximate surface area is 133 Å². The van der Waals surface area contributed by atoms with Crippen LogP contribution in [-0.2, 0) is 9.53 Å². The van der Waals surface area contributed by atoms with E-state index in [4.69, 9.17) is 21.1 Å². The van der Waals surface area contributed by atoms with Gasteiger partial charge in [0.15, 0.2) is 0 Å². The Morgan fingerprint density at radius 2 is 2.09 bits per heavy atom. The molecule has 0 radical (unpaired) electrons. The summed E-state index contributed by atoms with van der Waals surface area (Å²) in [7, 11) is 0. The molecular weight excluding hydrogens is 304 g/mol. The first-order valence-corrected chi connectivity index (χ1v) is 7.07. The molecule has 0 aliphatic carbocycles. The van der Waals surface area contributed by atoms with Crippen molar-refractivity contribution in [3.8, 4) is 17.2 Å². The molecule has 0 unspecified atom stereocenters. The third-order valence-corrected chi connectivity index (χ3v) is 2.94. The fourth-order valence-electron chi connectivity index (χ4n) is 1.75. The van der Waals surface area contributed by atoms with Crippen molar-refractivity contribution in [2.45, 2.75) is 6.92 Å². The minimum atomic E-state index is -0.440. The molecule has 0 atom stereocenters. The molecule has 4 nitrogen and oxygen atoms in total. The number of benzene rings is 2. The number of aromatic hydroxyl groups is 1. The van der Waals surface area contributed by atoms with Crippen molar-refractivity contribution in [2.24, 2.45) is 0 Å². The summed E-state index contributed by atoms with van der Waals surface area (Å²) >= 11 is 5.92. The molecule has 2 rings (SSSR count). The lowest BCUT2D eigenvalue weighted by Crippen LogP contribution is -1.98. The maximum Gasteiger partial charge on any atom is 0.330 e. The number of rotatable bonds is 5. The van der Waals surface area contributed by atoms with Crippen LogP contribution < -0.4 is 4.74 Å². The maximum atomic E-state index is 11.4. The molecule has 0 saturated heterocycles. The minimum absolute atomic E-state index is 0.0605. The van der Waals surface area contributed by atoms with E-state index in [0.29, 0.717) is 28.7 Å². The predicted molar refractivity (Wildman–Crippen MR) is 85.3 cm³/mol. The fourth-order valence-corrected chi connectivity index (χ4v) is 1.94. The van der Waals surface area contributed by atoms with Gasteiger partial charge in [0.1, 0.15) is 17.2 Å². The van der Waals surface area contributed by atoms with E-state index in [9.17, 15) is 9.90 Å². The molecule has 114 valence electrons. The summed E-state index contributed by atoms with van der Waals surface area (Å²) in [6, 6.07) is 11.5. The second kappa shape index (κ2) is 7.52. The highest BCUT2D eigenvalue weighted by atomic mass is 35.5. The van der Waals surface area contributed by atoms with Gasteiger partial charge in [-0.3, -0.25) is 0 Å². The van der Waals surface area contributed by atoms with Crippen LogP contribution in [0.2, 0.25) is 5.02 Å². The minimum Gasteiger partial charge on any atom is -0.508 e. The SMILES string of the molecule is CCOC(=O)/C=C/c1ccc(O)cc1Oc1cccc(Cl)c1. The average Bonchev–Trinajstić information content (AvgIpc) is 2.47. The van der Waals surface area contributed by atoms with Crippen LogP contribution in [-0.4, -0.2) is 17.7 Å². The normalized spacial score (nSPS) is 10.6. The number of ether oxygens (including phenoxy) is 2. The number of hydrogen-bond donors (Lipinski definition) is 1. The van der Waals surface area contributed by atoms with Crippen LogP contribution in [0.4, 0.5) is 0 Å². The first-order chi connectivity index (χ1) is 10.6. The molecule has 0 aliphatic rings. The van der Waals surface area contributed by atoms with Gasteiger partial charge in [0.25, 0.3) is 0 Å². The largest absolute Gasteiger partial charge is 0.508 e. The number of carbonyl (C=O) groups is 1. The molecule has 0 saturated carbocycles. The van der Waals surface area contributed by atoms with Gasteiger partial charge in [-0.15, -0.1) is 0 Å². The highest BCUT2D eigenvalue weighted by Crippen LogP contribution is 2.31. The molecule has 0 heterocycles. The molecule has 0 spiro atoms. The van der Waals surface area contributed by atoms with Gasteiger partial charge in [0, 0.05) is 22.7 Å². The van der Waals surface area contributed by atoms with Gasteiger partial charge in [-0.2, -0.15) is 0 Å². The summed E-state index contributed by atoms with van der Waals surface area (Å²) in [4.78, 5) is 11.4. The van der Waals surface area contributed by atoms with Crippen molar-refractivity contribution < 1.29 is 19.4 Å². The second-order valence-electron chi connectivity index (χ2n) is 4.37. The van der Waals surface area contributed by atoms with Gasteiger partial charge >= 0.3 is 5.97 Å². The Morgan fingerprint density at radius 1 is 1.27 bits per heavy atom. The third-order valence-electron chi connectivity index (χ3n) is 2.71. The monoisotopic (exact) mass is 318 g/mol. The van der Waals surface area contributed by atoms with Crippen molar-refractivity contribution in [3.63, 3.8) is 0 Å². The Kier molecular flexibility index (Phi) is 5.44. The number of phenolic OH excluding ortho intramolecular Hbond substituents is 1. The van der Waals surface area contributed by atoms with Crippen LogP contribution in [0.3, 0.4) is 0 Å². The molecule has 0 aliphatic heterocycles. The van der Waals surface area contributed by atoms with E-state index < -0.39 is 5.97 Å². The van der Waals surface area contributed by atoms with E-state index in [1.807, 2.05) is 0 Å². The highest BCUT2D eigenvalue weighted by Gasteiger charge is 2.06. The predicted octanol–water partition coefficient (Wildman–Crippen LogP) is 4.41. The maximum absolute atomic E-state index is 11.4. The molecular formula is C17H15ClO4. The summed E-state index contributed by atoms with van der Waals surface area (Å²) in [5.74, 6) is 0.557. The van der Waals surface area contributed by atoms with E-state index in [-0.39, 0.29) is 5.75 Å². The summed E-state index contributed by atoms with van der Waals surface area (Å²) in [5, 5.41) is 10.2. The molecule has 0 fully saturated rings. The lowest BCUT2D eigenvalue weighted by atomic mass is 10.1. The summed E-state index contributed by atoms with van der Waals surface area (Å²) in [6.45, 7) is 2.05. The number of hydrogen-bond acceptors (Lipinski definition) is 4. The zero-order chi connectivity index (χ0) is 15.9. The standard InChI is InChI=1S/C17H15ClO4/c1-2-21-17(20)9-7-12-6-8-14(19)11-16(12)22-15-5-3-4-13(18)10-15/h3-11,19H,2H2,1H3/b9-7+. The molecule has 0 aromatic heterocycles. The lowest BCUT2D eigenvalue weighted by Gasteiger charge is -2.09. The topological polar surface area (TPSA) is 55.8 Å². The van der Waals surface area contributed by atoms with Crippen molar-refractivity contribution in [1.29, 1.82) is 0 Å². The molecule has 22 heavy (non-hydrogen) atoms. The van der Waals surface area contributed by atoms with Gasteiger partial charge in [0.2, 0.25) is 0 Å². The molecule has 2 aromatic rings. The van der Waals surface area contributed by atoms with E-state index in [2.05, 4.69) is 0 Å². The van der Waals surface area contributed by atoms with Crippen LogP contribution in [0.5, 0.6) is 17.2 Å². The molecule has 5 heteroatoms. The fraction of sp³-hybridized carbons (Fsp3) is 0.118. The van der Waals surface area contributed by atoms with Gasteiger partial charge < -0.3 is 14.6 Å². The Bertz CT molecular complexity index is 695. The van der Waals surface area contributed by atoms with Crippen LogP contribution in [0, 0.1) is 0 Å². The Hall–Kier alpha value is -2.46. The number of carbonyl (C=O) groups excluding carboxylic acids is 1. The smallest absolute Gasteiger partial charge is 0.330 e. The third kappa shape index (κ3) is 4.53. The highest BCUT2D eigenvalue weighted by molar-refractivity contribution is 6.30. The van der Waals surface area contributed by atoms with Crippen molar-refractivity contribution in [1.82, 2.24) is 0 Å². The molecule has 1 N–H and O–H groups in total. The first kappa shape index (κ1) is 15.9. The quantitative estimate of drug-likeness (QED) is 0.655. The summed E-state index contributed by atoms with van der Waals surface area (Å²) < 4.78 is 10.5. The van der Waals surface area contributed by atoms with Gasteiger partial charge in [-0.25, -0.2) is 4.79 Å². The van der Waals surface area contributed by atoms with Crippen molar-refractivity contribution in [2.75, 3.05) is 6.61 Å². The van der Waals surface area contributed by atoms with Crippen LogP contribution in [0.15, 0.2) is 48.5 Å². The number of halogens is 1. The summed E-state index contributed by atoms with van der Waals surface area (Å²) in [6.07, 6.45) is 2.87. The second-order valence-corrected chi connectivity index (χ2v) is 4.80. The molecule has 2 aromatic carbocycles. The molecule has 0 amide bonds. The molecule has 0 bridgehead atoms.